The number of rotatable bonds is 9. The summed E-state index contributed by atoms with van der Waals surface area (Å²) in [5.74, 6) is 0.933. The fourth-order valence-corrected chi connectivity index (χ4v) is 2.58. The Hall–Kier alpha value is -0.540. The lowest BCUT2D eigenvalue weighted by Crippen LogP contribution is -2.31. The van der Waals surface area contributed by atoms with Gasteiger partial charge < -0.3 is 10.1 Å². The van der Waals surface area contributed by atoms with Crippen LogP contribution in [0.4, 0.5) is 0 Å². The minimum atomic E-state index is 0.559. The van der Waals surface area contributed by atoms with Gasteiger partial charge in [0.2, 0.25) is 0 Å². The molecule has 0 aliphatic carbocycles. The largest absolute Gasteiger partial charge is 0.497 e. The lowest BCUT2D eigenvalue weighted by Gasteiger charge is -2.19. The lowest BCUT2D eigenvalue weighted by molar-refractivity contribution is 0.413. The molecule has 108 valence electrons. The molecule has 0 aromatic heterocycles. The number of methoxy groups -OCH3 is 1. The Morgan fingerprint density at radius 3 is 2.68 bits per heavy atom. The predicted molar refractivity (Wildman–Crippen MR) is 86.0 cm³/mol. The number of hydrogen-bond acceptors (Lipinski definition) is 2. The van der Waals surface area contributed by atoms with Crippen LogP contribution in [0.3, 0.4) is 0 Å². The summed E-state index contributed by atoms with van der Waals surface area (Å²) in [6.45, 7) is 5.56. The Balaban J connectivity index is 2.70. The minimum absolute atomic E-state index is 0.559. The second kappa shape index (κ2) is 9.38. The fraction of sp³-hybridized carbons (Fsp3) is 0.625. The first-order valence-electron chi connectivity index (χ1n) is 7.27. The average molecular weight is 328 g/mol. The smallest absolute Gasteiger partial charge is 0.119 e. The highest BCUT2D eigenvalue weighted by molar-refractivity contribution is 9.10. The van der Waals surface area contributed by atoms with Gasteiger partial charge in [0, 0.05) is 10.5 Å². The first-order chi connectivity index (χ1) is 9.21. The van der Waals surface area contributed by atoms with Gasteiger partial charge in [-0.2, -0.15) is 0 Å². The van der Waals surface area contributed by atoms with Gasteiger partial charge in [0.15, 0.2) is 0 Å². The molecule has 19 heavy (non-hydrogen) atoms. The van der Waals surface area contributed by atoms with Crippen LogP contribution >= 0.6 is 15.9 Å². The number of halogens is 1. The summed E-state index contributed by atoms with van der Waals surface area (Å²) in [5, 5.41) is 3.66. The molecule has 3 heteroatoms. The Labute approximate surface area is 126 Å². The normalized spacial score (nSPS) is 12.4. The van der Waals surface area contributed by atoms with E-state index in [2.05, 4.69) is 47.2 Å². The maximum atomic E-state index is 5.31. The maximum absolute atomic E-state index is 5.31. The lowest BCUT2D eigenvalue weighted by atomic mass is 10.0. The van der Waals surface area contributed by atoms with Crippen LogP contribution in [0.25, 0.3) is 0 Å². The van der Waals surface area contributed by atoms with Crippen molar-refractivity contribution in [3.05, 3.63) is 28.2 Å². The summed E-state index contributed by atoms with van der Waals surface area (Å²) >= 11 is 3.64. The number of benzene rings is 1. The molecule has 1 aromatic carbocycles. The third-order valence-electron chi connectivity index (χ3n) is 3.31. The second-order valence-electron chi connectivity index (χ2n) is 4.95. The van der Waals surface area contributed by atoms with Crippen molar-refractivity contribution in [1.82, 2.24) is 5.32 Å². The SMILES string of the molecule is CCCCC(Cc1cc(OC)ccc1Br)NCCC. The van der Waals surface area contributed by atoms with Crippen molar-refractivity contribution >= 4 is 15.9 Å². The summed E-state index contributed by atoms with van der Waals surface area (Å²) in [4.78, 5) is 0. The molecule has 0 spiro atoms. The molecule has 0 bridgehead atoms. The van der Waals surface area contributed by atoms with Crippen LogP contribution in [-0.4, -0.2) is 19.7 Å². The second-order valence-corrected chi connectivity index (χ2v) is 5.81. The van der Waals surface area contributed by atoms with Gasteiger partial charge in [-0.25, -0.2) is 0 Å². The van der Waals surface area contributed by atoms with E-state index >= 15 is 0 Å². The molecule has 0 saturated heterocycles. The molecule has 0 fully saturated rings. The molecule has 0 radical (unpaired) electrons. The van der Waals surface area contributed by atoms with Crippen LogP contribution in [0.1, 0.15) is 45.1 Å². The number of ether oxygens (including phenoxy) is 1. The van der Waals surface area contributed by atoms with E-state index < -0.39 is 0 Å². The molecule has 0 amide bonds. The van der Waals surface area contributed by atoms with Crippen LogP contribution in [0.5, 0.6) is 5.75 Å². The molecule has 0 aliphatic heterocycles. The quantitative estimate of drug-likeness (QED) is 0.717. The van der Waals surface area contributed by atoms with Gasteiger partial charge in [0.05, 0.1) is 7.11 Å². The third kappa shape index (κ3) is 5.96. The highest BCUT2D eigenvalue weighted by Gasteiger charge is 2.11. The van der Waals surface area contributed by atoms with Crippen LogP contribution < -0.4 is 10.1 Å². The van der Waals surface area contributed by atoms with Gasteiger partial charge in [-0.3, -0.25) is 0 Å². The van der Waals surface area contributed by atoms with Crippen LogP contribution in [0.2, 0.25) is 0 Å². The zero-order valence-electron chi connectivity index (χ0n) is 12.3. The number of nitrogens with one attached hydrogen (secondary N) is 1. The van der Waals surface area contributed by atoms with E-state index in [4.69, 9.17) is 4.74 Å². The highest BCUT2D eigenvalue weighted by atomic mass is 79.9. The molecule has 2 nitrogen and oxygen atoms in total. The van der Waals surface area contributed by atoms with Crippen molar-refractivity contribution < 1.29 is 4.74 Å². The van der Waals surface area contributed by atoms with Crippen molar-refractivity contribution in [1.29, 1.82) is 0 Å². The average Bonchev–Trinajstić information content (AvgIpc) is 2.43. The van der Waals surface area contributed by atoms with Gasteiger partial charge in [-0.1, -0.05) is 42.6 Å². The monoisotopic (exact) mass is 327 g/mol. The topological polar surface area (TPSA) is 21.3 Å². The molecule has 1 atom stereocenters. The van der Waals surface area contributed by atoms with Crippen molar-refractivity contribution in [2.24, 2.45) is 0 Å². The summed E-state index contributed by atoms with van der Waals surface area (Å²) in [6, 6.07) is 6.76. The molecule has 1 N–H and O–H groups in total. The summed E-state index contributed by atoms with van der Waals surface area (Å²) in [5.41, 5.74) is 1.32. The Bertz CT molecular complexity index is 360. The van der Waals surface area contributed by atoms with Crippen molar-refractivity contribution in [2.45, 2.75) is 52.0 Å². The molecule has 1 unspecified atom stereocenters. The van der Waals surface area contributed by atoms with E-state index in [-0.39, 0.29) is 0 Å². The van der Waals surface area contributed by atoms with E-state index in [1.807, 2.05) is 6.07 Å². The first kappa shape index (κ1) is 16.5. The number of unbranched alkanes of at least 4 members (excludes halogenated alkanes) is 1. The van der Waals surface area contributed by atoms with E-state index in [0.29, 0.717) is 6.04 Å². The predicted octanol–water partition coefficient (Wildman–Crippen LogP) is 4.56. The zero-order valence-corrected chi connectivity index (χ0v) is 13.9. The molecule has 0 aliphatic rings. The Morgan fingerprint density at radius 1 is 1.26 bits per heavy atom. The first-order valence-corrected chi connectivity index (χ1v) is 8.06. The van der Waals surface area contributed by atoms with Gasteiger partial charge in [-0.15, -0.1) is 0 Å². The molecule has 1 aromatic rings. The zero-order chi connectivity index (χ0) is 14.1. The molecule has 0 saturated carbocycles. The van der Waals surface area contributed by atoms with E-state index in [9.17, 15) is 0 Å². The van der Waals surface area contributed by atoms with E-state index in [1.165, 1.54) is 35.7 Å². The Morgan fingerprint density at radius 2 is 2.05 bits per heavy atom. The van der Waals surface area contributed by atoms with Crippen LogP contribution in [-0.2, 0) is 6.42 Å². The molecular formula is C16H26BrNO. The van der Waals surface area contributed by atoms with Gasteiger partial charge in [-0.05, 0) is 49.6 Å². The minimum Gasteiger partial charge on any atom is -0.497 e. The van der Waals surface area contributed by atoms with Crippen LogP contribution in [0, 0.1) is 0 Å². The molecular weight excluding hydrogens is 302 g/mol. The van der Waals surface area contributed by atoms with Crippen molar-refractivity contribution in [3.8, 4) is 5.75 Å². The third-order valence-corrected chi connectivity index (χ3v) is 4.08. The maximum Gasteiger partial charge on any atom is 0.119 e. The summed E-state index contributed by atoms with van der Waals surface area (Å²) < 4.78 is 6.49. The summed E-state index contributed by atoms with van der Waals surface area (Å²) in [7, 11) is 1.72. The number of hydrogen-bond donors (Lipinski definition) is 1. The van der Waals surface area contributed by atoms with E-state index in [1.54, 1.807) is 7.11 Å². The van der Waals surface area contributed by atoms with Gasteiger partial charge in [0.1, 0.15) is 5.75 Å². The van der Waals surface area contributed by atoms with E-state index in [0.717, 1.165) is 18.7 Å². The highest BCUT2D eigenvalue weighted by Crippen LogP contribution is 2.24. The summed E-state index contributed by atoms with van der Waals surface area (Å²) in [6.07, 6.45) is 6.01. The molecule has 1 rings (SSSR count). The van der Waals surface area contributed by atoms with Crippen LogP contribution in [0.15, 0.2) is 22.7 Å². The van der Waals surface area contributed by atoms with Gasteiger partial charge >= 0.3 is 0 Å². The van der Waals surface area contributed by atoms with Crippen molar-refractivity contribution in [3.63, 3.8) is 0 Å². The van der Waals surface area contributed by atoms with Crippen molar-refractivity contribution in [2.75, 3.05) is 13.7 Å². The van der Waals surface area contributed by atoms with Gasteiger partial charge in [0.25, 0.3) is 0 Å². The molecule has 0 heterocycles. The Kier molecular flexibility index (Phi) is 8.15. The standard InChI is InChI=1S/C16H26BrNO/c1-4-6-7-14(18-10-5-2)11-13-12-15(19-3)8-9-16(13)17/h8-9,12,14,18H,4-7,10-11H2,1-3H3. The fourth-order valence-electron chi connectivity index (χ4n) is 2.18.